The van der Waals surface area contributed by atoms with Crippen LogP contribution in [-0.4, -0.2) is 42.5 Å². The smallest absolute Gasteiger partial charge is 0.273 e. The van der Waals surface area contributed by atoms with Gasteiger partial charge in [0.05, 0.1) is 12.7 Å². The zero-order valence-electron chi connectivity index (χ0n) is 18.2. The Bertz CT molecular complexity index is 1070. The number of nitrogens with one attached hydrogen (secondary N) is 2. The molecule has 6 nitrogen and oxygen atoms in total. The molecule has 2 aromatic carbocycles. The van der Waals surface area contributed by atoms with Crippen LogP contribution in [0.25, 0.3) is 10.6 Å². The van der Waals surface area contributed by atoms with Gasteiger partial charge in [-0.2, -0.15) is 0 Å². The van der Waals surface area contributed by atoms with Gasteiger partial charge < -0.3 is 9.64 Å². The molecule has 0 saturated carbocycles. The second kappa shape index (κ2) is 10.2. The van der Waals surface area contributed by atoms with Crippen LogP contribution in [0.1, 0.15) is 41.4 Å². The summed E-state index contributed by atoms with van der Waals surface area (Å²) in [5.74, 6) is 0.435. The highest BCUT2D eigenvalue weighted by Gasteiger charge is 2.25. The van der Waals surface area contributed by atoms with E-state index < -0.39 is 0 Å². The zero-order valence-corrected chi connectivity index (χ0v) is 19.0. The van der Waals surface area contributed by atoms with Crippen molar-refractivity contribution in [2.24, 2.45) is 0 Å². The number of carbonyl (C=O) groups excluding carboxylic acids is 1. The zero-order chi connectivity index (χ0) is 22.5. The summed E-state index contributed by atoms with van der Waals surface area (Å²) in [6.45, 7) is 0.642. The predicted octanol–water partition coefficient (Wildman–Crippen LogP) is 4.42. The summed E-state index contributed by atoms with van der Waals surface area (Å²) >= 11 is 1.44. The van der Waals surface area contributed by atoms with Crippen LogP contribution in [0.4, 0.5) is 4.39 Å². The van der Waals surface area contributed by atoms with Gasteiger partial charge in [-0.25, -0.2) is 9.37 Å². The molecule has 8 heteroatoms. The highest BCUT2D eigenvalue weighted by molar-refractivity contribution is 7.13. The maximum atomic E-state index is 13.5. The monoisotopic (exact) mass is 454 g/mol. The molecule has 2 N–H and O–H groups in total. The number of ether oxygens (including phenoxy) is 1. The average molecular weight is 455 g/mol. The van der Waals surface area contributed by atoms with Gasteiger partial charge in [-0.3, -0.25) is 15.6 Å². The summed E-state index contributed by atoms with van der Waals surface area (Å²) in [5.41, 5.74) is 8.82. The number of hydrazine groups is 1. The molecule has 2 heterocycles. The van der Waals surface area contributed by atoms with Crippen molar-refractivity contribution < 1.29 is 13.9 Å². The molecule has 1 aliphatic heterocycles. The standard InChI is InChI=1S/C24H27FN4O2S/c1-29(12-6-9-18-14-20(28-27-18)16-7-5-8-17(25)13-16)24(30)21-15-32-23(26-21)19-10-3-4-11-22(19)31-2/h3-5,7-8,10-11,13,15,18,20,27-28H,6,9,12,14H2,1-2H3. The molecular formula is C24H27FN4O2S. The molecule has 1 saturated heterocycles. The predicted molar refractivity (Wildman–Crippen MR) is 124 cm³/mol. The van der Waals surface area contributed by atoms with Crippen LogP contribution in [0.3, 0.4) is 0 Å². The van der Waals surface area contributed by atoms with Crippen LogP contribution < -0.4 is 15.6 Å². The number of amides is 1. The molecule has 2 atom stereocenters. The van der Waals surface area contributed by atoms with E-state index in [2.05, 4.69) is 15.8 Å². The summed E-state index contributed by atoms with van der Waals surface area (Å²) in [6.07, 6.45) is 2.66. The number of para-hydroxylation sites is 1. The molecule has 1 aromatic heterocycles. The van der Waals surface area contributed by atoms with E-state index in [-0.39, 0.29) is 23.8 Å². The normalized spacial score (nSPS) is 18.0. The van der Waals surface area contributed by atoms with E-state index in [4.69, 9.17) is 4.74 Å². The Hall–Kier alpha value is -2.81. The fourth-order valence-electron chi connectivity index (χ4n) is 3.94. The molecule has 0 radical (unpaired) electrons. The van der Waals surface area contributed by atoms with E-state index in [1.165, 1.54) is 17.4 Å². The van der Waals surface area contributed by atoms with Crippen molar-refractivity contribution in [3.8, 4) is 16.3 Å². The lowest BCUT2D eigenvalue weighted by molar-refractivity contribution is 0.0787. The van der Waals surface area contributed by atoms with Crippen LogP contribution in [0, 0.1) is 5.82 Å². The number of thiazole rings is 1. The summed E-state index contributed by atoms with van der Waals surface area (Å²) in [5, 5.41) is 2.57. The molecule has 4 rings (SSSR count). The largest absolute Gasteiger partial charge is 0.496 e. The number of halogens is 1. The van der Waals surface area contributed by atoms with Gasteiger partial charge in [0.15, 0.2) is 0 Å². The van der Waals surface area contributed by atoms with Crippen molar-refractivity contribution in [3.63, 3.8) is 0 Å². The Morgan fingerprint density at radius 1 is 1.25 bits per heavy atom. The van der Waals surface area contributed by atoms with Gasteiger partial charge in [-0.15, -0.1) is 11.3 Å². The molecule has 32 heavy (non-hydrogen) atoms. The van der Waals surface area contributed by atoms with Gasteiger partial charge in [0, 0.05) is 31.1 Å². The van der Waals surface area contributed by atoms with Crippen LogP contribution in [0.15, 0.2) is 53.9 Å². The molecule has 0 bridgehead atoms. The van der Waals surface area contributed by atoms with Crippen molar-refractivity contribution in [3.05, 3.63) is 71.0 Å². The minimum absolute atomic E-state index is 0.0856. The lowest BCUT2D eigenvalue weighted by Crippen LogP contribution is -2.32. The Morgan fingerprint density at radius 3 is 2.91 bits per heavy atom. The lowest BCUT2D eigenvalue weighted by Gasteiger charge is -2.17. The Balaban J connectivity index is 1.27. The third-order valence-electron chi connectivity index (χ3n) is 5.69. The lowest BCUT2D eigenvalue weighted by atomic mass is 9.99. The molecular weight excluding hydrogens is 427 g/mol. The maximum Gasteiger partial charge on any atom is 0.273 e. The van der Waals surface area contributed by atoms with E-state index in [9.17, 15) is 9.18 Å². The minimum atomic E-state index is -0.219. The number of hydrogen-bond donors (Lipinski definition) is 2. The quantitative estimate of drug-likeness (QED) is 0.528. The SMILES string of the molecule is COc1ccccc1-c1nc(C(=O)N(C)CCCC2CC(c3cccc(F)c3)NN2)cs1. The fourth-order valence-corrected chi connectivity index (χ4v) is 4.77. The van der Waals surface area contributed by atoms with Crippen molar-refractivity contribution in [1.82, 2.24) is 20.7 Å². The second-order valence-corrected chi connectivity index (χ2v) is 8.79. The molecule has 2 unspecified atom stereocenters. The van der Waals surface area contributed by atoms with E-state index in [1.807, 2.05) is 30.3 Å². The molecule has 0 aliphatic carbocycles. The van der Waals surface area contributed by atoms with E-state index in [0.717, 1.165) is 41.1 Å². The molecule has 1 fully saturated rings. The Morgan fingerprint density at radius 2 is 2.09 bits per heavy atom. The van der Waals surface area contributed by atoms with Crippen LogP contribution in [0.5, 0.6) is 5.75 Å². The van der Waals surface area contributed by atoms with E-state index in [0.29, 0.717) is 12.2 Å². The third kappa shape index (κ3) is 5.15. The molecule has 0 spiro atoms. The van der Waals surface area contributed by atoms with Gasteiger partial charge in [-0.1, -0.05) is 24.3 Å². The number of methoxy groups -OCH3 is 1. The van der Waals surface area contributed by atoms with Crippen molar-refractivity contribution in [2.75, 3.05) is 20.7 Å². The first kappa shape index (κ1) is 22.4. The second-order valence-electron chi connectivity index (χ2n) is 7.94. The van der Waals surface area contributed by atoms with Gasteiger partial charge in [0.2, 0.25) is 0 Å². The first-order chi connectivity index (χ1) is 15.5. The van der Waals surface area contributed by atoms with Crippen LogP contribution in [-0.2, 0) is 0 Å². The molecule has 1 amide bonds. The van der Waals surface area contributed by atoms with Crippen LogP contribution >= 0.6 is 11.3 Å². The minimum Gasteiger partial charge on any atom is -0.496 e. The van der Waals surface area contributed by atoms with Crippen molar-refractivity contribution in [1.29, 1.82) is 0 Å². The summed E-state index contributed by atoms with van der Waals surface area (Å²) in [7, 11) is 3.43. The van der Waals surface area contributed by atoms with Gasteiger partial charge in [0.1, 0.15) is 22.3 Å². The fraction of sp³-hybridized carbons (Fsp3) is 0.333. The molecule has 168 valence electrons. The number of benzene rings is 2. The topological polar surface area (TPSA) is 66.5 Å². The van der Waals surface area contributed by atoms with Gasteiger partial charge >= 0.3 is 0 Å². The third-order valence-corrected chi connectivity index (χ3v) is 6.56. The van der Waals surface area contributed by atoms with E-state index in [1.54, 1.807) is 36.6 Å². The summed E-state index contributed by atoms with van der Waals surface area (Å²) < 4.78 is 18.9. The van der Waals surface area contributed by atoms with E-state index >= 15 is 0 Å². The van der Waals surface area contributed by atoms with Crippen molar-refractivity contribution >= 4 is 17.2 Å². The Kier molecular flexibility index (Phi) is 7.14. The van der Waals surface area contributed by atoms with Gasteiger partial charge in [0.25, 0.3) is 5.91 Å². The maximum absolute atomic E-state index is 13.5. The summed E-state index contributed by atoms with van der Waals surface area (Å²) in [6, 6.07) is 14.7. The van der Waals surface area contributed by atoms with Gasteiger partial charge in [-0.05, 0) is 49.1 Å². The first-order valence-corrected chi connectivity index (χ1v) is 11.5. The number of rotatable bonds is 8. The summed E-state index contributed by atoms with van der Waals surface area (Å²) in [4.78, 5) is 19.1. The Labute approximate surface area is 191 Å². The number of carbonyl (C=O) groups is 1. The molecule has 3 aromatic rings. The van der Waals surface area contributed by atoms with Crippen molar-refractivity contribution in [2.45, 2.75) is 31.3 Å². The highest BCUT2D eigenvalue weighted by Crippen LogP contribution is 2.32. The van der Waals surface area contributed by atoms with Crippen LogP contribution in [0.2, 0.25) is 0 Å². The molecule has 1 aliphatic rings. The number of hydrogen-bond acceptors (Lipinski definition) is 6. The highest BCUT2D eigenvalue weighted by atomic mass is 32.1. The first-order valence-electron chi connectivity index (χ1n) is 10.7. The number of aromatic nitrogens is 1. The average Bonchev–Trinajstić information content (AvgIpc) is 3.49. The number of nitrogens with zero attached hydrogens (tertiary/aromatic N) is 2.